The van der Waals surface area contributed by atoms with Crippen LogP contribution in [0, 0.1) is 0 Å². The molecule has 0 saturated heterocycles. The van der Waals surface area contributed by atoms with E-state index in [4.69, 9.17) is 0 Å². The van der Waals surface area contributed by atoms with Crippen molar-refractivity contribution >= 4 is 10.9 Å². The van der Waals surface area contributed by atoms with Crippen molar-refractivity contribution in [3.05, 3.63) is 30.0 Å². The van der Waals surface area contributed by atoms with E-state index in [0.29, 0.717) is 0 Å². The number of H-pyrrole nitrogens is 2. The maximum atomic E-state index is 3.14. The summed E-state index contributed by atoms with van der Waals surface area (Å²) in [6.07, 6.45) is 1.05. The van der Waals surface area contributed by atoms with Gasteiger partial charge in [-0.3, -0.25) is 0 Å². The lowest BCUT2D eigenvalue weighted by Crippen LogP contribution is -2.01. The van der Waals surface area contributed by atoms with Gasteiger partial charge < -0.3 is 0 Å². The van der Waals surface area contributed by atoms with Crippen molar-refractivity contribution in [2.45, 2.75) is 13.3 Å². The molecule has 1 heterocycles. The lowest BCUT2D eigenvalue weighted by molar-refractivity contribution is -0.421. The summed E-state index contributed by atoms with van der Waals surface area (Å²) in [5.74, 6) is 0. The number of aromatic nitrogens is 2. The Morgan fingerprint density at radius 3 is 3.00 bits per heavy atom. The van der Waals surface area contributed by atoms with Crippen LogP contribution < -0.4 is 5.10 Å². The minimum absolute atomic E-state index is 1.05. The lowest BCUT2D eigenvalue weighted by atomic mass is 10.2. The lowest BCUT2D eigenvalue weighted by Gasteiger charge is -1.84. The van der Waals surface area contributed by atoms with Gasteiger partial charge in [-0.05, 0) is 12.5 Å². The zero-order valence-corrected chi connectivity index (χ0v) is 6.52. The van der Waals surface area contributed by atoms with Crippen molar-refractivity contribution in [3.8, 4) is 0 Å². The van der Waals surface area contributed by atoms with Crippen LogP contribution >= 0.6 is 0 Å². The quantitative estimate of drug-likeness (QED) is 0.634. The number of aryl methyl sites for hydroxylation is 1. The Bertz CT molecular complexity index is 362. The van der Waals surface area contributed by atoms with Gasteiger partial charge >= 0.3 is 0 Å². The van der Waals surface area contributed by atoms with Gasteiger partial charge in [0, 0.05) is 6.07 Å². The van der Waals surface area contributed by atoms with Crippen LogP contribution in [0.15, 0.2) is 24.3 Å². The van der Waals surface area contributed by atoms with Crippen LogP contribution in [0.5, 0.6) is 0 Å². The van der Waals surface area contributed by atoms with Gasteiger partial charge in [-0.25, -0.2) is 0 Å². The van der Waals surface area contributed by atoms with Crippen molar-refractivity contribution in [2.24, 2.45) is 0 Å². The molecule has 2 nitrogen and oxygen atoms in total. The highest BCUT2D eigenvalue weighted by molar-refractivity contribution is 5.77. The van der Waals surface area contributed by atoms with Gasteiger partial charge in [0.2, 0.25) is 5.52 Å². The number of nitrogens with one attached hydrogen (secondary N) is 2. The topological polar surface area (TPSA) is 29.9 Å². The Morgan fingerprint density at radius 2 is 2.18 bits per heavy atom. The molecular formula is C9H11N2+. The van der Waals surface area contributed by atoms with E-state index in [-0.39, 0.29) is 0 Å². The zero-order chi connectivity index (χ0) is 7.68. The average Bonchev–Trinajstić information content (AvgIpc) is 2.47. The molecule has 0 saturated carbocycles. The van der Waals surface area contributed by atoms with Gasteiger partial charge in [0.25, 0.3) is 0 Å². The number of hydrogen-bond acceptors (Lipinski definition) is 0. The molecule has 2 rings (SSSR count). The standard InChI is InChI=1S/C9H10N2/c1-2-8-7-5-3-4-6-9(7)11-10-8/h3-6H,2H2,1H3,(H,10,11)/p+1. The van der Waals surface area contributed by atoms with E-state index in [1.165, 1.54) is 16.6 Å². The predicted octanol–water partition coefficient (Wildman–Crippen LogP) is 1.54. The third-order valence-corrected chi connectivity index (χ3v) is 1.95. The highest BCUT2D eigenvalue weighted by atomic mass is 15.1. The number of rotatable bonds is 1. The third kappa shape index (κ3) is 0.909. The number of aromatic amines is 2. The van der Waals surface area contributed by atoms with Gasteiger partial charge in [-0.1, -0.05) is 19.1 Å². The zero-order valence-electron chi connectivity index (χ0n) is 6.52. The normalized spacial score (nSPS) is 10.6. The van der Waals surface area contributed by atoms with E-state index in [9.17, 15) is 0 Å². The molecule has 0 aliphatic heterocycles. The van der Waals surface area contributed by atoms with E-state index in [1.54, 1.807) is 0 Å². The van der Waals surface area contributed by atoms with Crippen LogP contribution in [-0.4, -0.2) is 5.10 Å². The first-order chi connectivity index (χ1) is 5.42. The summed E-state index contributed by atoms with van der Waals surface area (Å²) >= 11 is 0. The maximum absolute atomic E-state index is 3.14. The Morgan fingerprint density at radius 1 is 1.36 bits per heavy atom. The van der Waals surface area contributed by atoms with E-state index < -0.39 is 0 Å². The Balaban J connectivity index is 2.76. The highest BCUT2D eigenvalue weighted by Crippen LogP contribution is 2.11. The molecule has 0 aliphatic carbocycles. The molecule has 56 valence electrons. The predicted molar refractivity (Wildman–Crippen MR) is 44.2 cm³/mol. The smallest absolute Gasteiger partial charge is 0.171 e. The van der Waals surface area contributed by atoms with E-state index in [0.717, 1.165) is 6.42 Å². The van der Waals surface area contributed by atoms with E-state index in [1.807, 2.05) is 6.07 Å². The van der Waals surface area contributed by atoms with Gasteiger partial charge in [-0.15, -0.1) is 5.10 Å². The number of fused-ring (bicyclic) bond motifs is 1. The molecule has 2 aromatic rings. The van der Waals surface area contributed by atoms with Crippen LogP contribution in [0.25, 0.3) is 10.9 Å². The van der Waals surface area contributed by atoms with Crippen LogP contribution in [0.4, 0.5) is 0 Å². The molecule has 2 heteroatoms. The molecule has 0 radical (unpaired) electrons. The fourth-order valence-electron chi connectivity index (χ4n) is 1.34. The number of benzene rings is 1. The molecule has 1 aromatic carbocycles. The first-order valence-corrected chi connectivity index (χ1v) is 3.89. The summed E-state index contributed by atoms with van der Waals surface area (Å²) in [6, 6.07) is 8.29. The Labute approximate surface area is 65.2 Å². The number of hydrogen-bond donors (Lipinski definition) is 1. The fraction of sp³-hybridized carbons (Fsp3) is 0.222. The van der Waals surface area contributed by atoms with Crippen molar-refractivity contribution in [2.75, 3.05) is 0 Å². The van der Waals surface area contributed by atoms with E-state index >= 15 is 0 Å². The second-order valence-corrected chi connectivity index (χ2v) is 2.63. The molecule has 0 atom stereocenters. The third-order valence-electron chi connectivity index (χ3n) is 1.95. The molecule has 2 N–H and O–H groups in total. The Kier molecular flexibility index (Phi) is 1.39. The second-order valence-electron chi connectivity index (χ2n) is 2.63. The van der Waals surface area contributed by atoms with Gasteiger partial charge in [-0.2, -0.15) is 5.10 Å². The minimum Gasteiger partial charge on any atom is -0.171 e. The summed E-state index contributed by atoms with van der Waals surface area (Å²) < 4.78 is 0. The van der Waals surface area contributed by atoms with Gasteiger partial charge in [0.1, 0.15) is 0 Å². The number of para-hydroxylation sites is 1. The minimum atomic E-state index is 1.05. The molecule has 1 aromatic heterocycles. The molecule has 0 unspecified atom stereocenters. The maximum Gasteiger partial charge on any atom is 0.236 e. The molecule has 0 spiro atoms. The summed E-state index contributed by atoms with van der Waals surface area (Å²) in [7, 11) is 0. The largest absolute Gasteiger partial charge is 0.236 e. The molecule has 0 bridgehead atoms. The van der Waals surface area contributed by atoms with Crippen LogP contribution in [0.3, 0.4) is 0 Å². The summed E-state index contributed by atoms with van der Waals surface area (Å²) in [5.41, 5.74) is 2.46. The second kappa shape index (κ2) is 2.38. The first-order valence-electron chi connectivity index (χ1n) is 3.89. The molecule has 11 heavy (non-hydrogen) atoms. The van der Waals surface area contributed by atoms with Crippen LogP contribution in [0.2, 0.25) is 0 Å². The SMILES string of the molecule is CCc1[nH][nH+]c2ccccc12. The van der Waals surface area contributed by atoms with Gasteiger partial charge in [0.05, 0.1) is 11.1 Å². The highest BCUT2D eigenvalue weighted by Gasteiger charge is 2.05. The molecular weight excluding hydrogens is 136 g/mol. The summed E-state index contributed by atoms with van der Waals surface area (Å²) in [5, 5.41) is 7.55. The molecule has 0 amide bonds. The van der Waals surface area contributed by atoms with E-state index in [2.05, 4.69) is 35.3 Å². The summed E-state index contributed by atoms with van der Waals surface area (Å²) in [6.45, 7) is 2.14. The van der Waals surface area contributed by atoms with Crippen molar-refractivity contribution < 1.29 is 5.10 Å². The van der Waals surface area contributed by atoms with Crippen LogP contribution in [0.1, 0.15) is 12.6 Å². The van der Waals surface area contributed by atoms with Crippen molar-refractivity contribution in [1.29, 1.82) is 0 Å². The van der Waals surface area contributed by atoms with Gasteiger partial charge in [0.15, 0.2) is 0 Å². The first kappa shape index (κ1) is 6.40. The molecule has 0 aliphatic rings. The summed E-state index contributed by atoms with van der Waals surface area (Å²) in [4.78, 5) is 0. The molecule has 0 fully saturated rings. The average molecular weight is 147 g/mol. The fourth-order valence-corrected chi connectivity index (χ4v) is 1.34. The van der Waals surface area contributed by atoms with Crippen molar-refractivity contribution in [1.82, 2.24) is 5.10 Å². The van der Waals surface area contributed by atoms with Crippen molar-refractivity contribution in [3.63, 3.8) is 0 Å². The van der Waals surface area contributed by atoms with Crippen LogP contribution in [-0.2, 0) is 6.42 Å². The monoisotopic (exact) mass is 147 g/mol. The Hall–Kier alpha value is -1.31.